The van der Waals surface area contributed by atoms with Crippen LogP contribution in [-0.2, 0) is 4.43 Å². The van der Waals surface area contributed by atoms with Gasteiger partial charge in [-0.2, -0.15) is 0 Å². The molecule has 0 aromatic heterocycles. The van der Waals surface area contributed by atoms with E-state index >= 15 is 0 Å². The highest BCUT2D eigenvalue weighted by molar-refractivity contribution is 6.99. The second-order valence-electron chi connectivity index (χ2n) is 10.1. The van der Waals surface area contributed by atoms with Crippen molar-refractivity contribution in [1.82, 2.24) is 0 Å². The zero-order chi connectivity index (χ0) is 20.4. The summed E-state index contributed by atoms with van der Waals surface area (Å²) in [4.78, 5) is 0. The Bertz CT molecular complexity index is 693. The van der Waals surface area contributed by atoms with E-state index in [4.69, 9.17) is 4.43 Å². The number of hydrogen-bond acceptors (Lipinski definition) is 1. The standard InChI is InChI=1S/C26H38OSi/c1-20(2)24-18-17-21(3)19-25(24)27-28(26(4,5)6,22-13-9-7-10-14-22)23-15-11-8-12-16-23/h7-16,20-21,24-25H,17-19H2,1-6H3/t21-,24+,25-/m1/s1. The second-order valence-corrected chi connectivity index (χ2v) is 14.4. The van der Waals surface area contributed by atoms with Crippen LogP contribution in [0.15, 0.2) is 60.7 Å². The van der Waals surface area contributed by atoms with E-state index in [-0.39, 0.29) is 5.04 Å². The lowest BCUT2D eigenvalue weighted by Gasteiger charge is -2.49. The molecule has 1 aliphatic rings. The van der Waals surface area contributed by atoms with Crippen molar-refractivity contribution in [3.05, 3.63) is 60.7 Å². The summed E-state index contributed by atoms with van der Waals surface area (Å²) in [7, 11) is -2.45. The summed E-state index contributed by atoms with van der Waals surface area (Å²) >= 11 is 0. The molecule has 0 heterocycles. The first-order chi connectivity index (χ1) is 13.3. The van der Waals surface area contributed by atoms with E-state index in [1.165, 1.54) is 29.6 Å². The van der Waals surface area contributed by atoms with Crippen molar-refractivity contribution >= 4 is 18.7 Å². The van der Waals surface area contributed by atoms with Gasteiger partial charge in [0.1, 0.15) is 0 Å². The monoisotopic (exact) mass is 394 g/mol. The molecule has 152 valence electrons. The van der Waals surface area contributed by atoms with Gasteiger partial charge < -0.3 is 4.43 Å². The maximum Gasteiger partial charge on any atom is 0.261 e. The molecule has 1 aliphatic carbocycles. The fourth-order valence-electron chi connectivity index (χ4n) is 5.17. The van der Waals surface area contributed by atoms with Gasteiger partial charge >= 0.3 is 0 Å². The first-order valence-electron chi connectivity index (χ1n) is 11.0. The maximum atomic E-state index is 7.50. The Balaban J connectivity index is 2.15. The van der Waals surface area contributed by atoms with Crippen LogP contribution in [0.3, 0.4) is 0 Å². The van der Waals surface area contributed by atoms with Gasteiger partial charge in [0.2, 0.25) is 0 Å². The van der Waals surface area contributed by atoms with Crippen molar-refractivity contribution in [3.8, 4) is 0 Å². The van der Waals surface area contributed by atoms with E-state index in [9.17, 15) is 0 Å². The van der Waals surface area contributed by atoms with Gasteiger partial charge in [0.05, 0.1) is 0 Å². The quantitative estimate of drug-likeness (QED) is 0.563. The summed E-state index contributed by atoms with van der Waals surface area (Å²) in [6, 6.07) is 22.2. The van der Waals surface area contributed by atoms with Gasteiger partial charge in [0.15, 0.2) is 0 Å². The molecule has 0 unspecified atom stereocenters. The highest BCUT2D eigenvalue weighted by Crippen LogP contribution is 2.42. The molecule has 2 aromatic rings. The molecule has 1 nitrogen and oxygen atoms in total. The van der Waals surface area contributed by atoms with E-state index < -0.39 is 8.32 Å². The fraction of sp³-hybridized carbons (Fsp3) is 0.538. The smallest absolute Gasteiger partial charge is 0.261 e. The van der Waals surface area contributed by atoms with Crippen molar-refractivity contribution in [2.45, 2.75) is 71.9 Å². The zero-order valence-electron chi connectivity index (χ0n) is 18.6. The van der Waals surface area contributed by atoms with E-state index in [1.54, 1.807) is 0 Å². The van der Waals surface area contributed by atoms with Gasteiger partial charge in [0, 0.05) is 6.10 Å². The lowest BCUT2D eigenvalue weighted by molar-refractivity contribution is 0.0385. The molecular formula is C26H38OSi. The van der Waals surface area contributed by atoms with Gasteiger partial charge in [-0.25, -0.2) is 0 Å². The van der Waals surface area contributed by atoms with Gasteiger partial charge in [-0.1, -0.05) is 109 Å². The highest BCUT2D eigenvalue weighted by atomic mass is 28.4. The fourth-order valence-corrected chi connectivity index (χ4v) is 9.91. The molecule has 3 rings (SSSR count). The molecule has 0 amide bonds. The lowest BCUT2D eigenvalue weighted by Crippen LogP contribution is -2.68. The maximum absolute atomic E-state index is 7.50. The molecule has 3 atom stereocenters. The lowest BCUT2D eigenvalue weighted by atomic mass is 9.75. The van der Waals surface area contributed by atoms with E-state index in [0.29, 0.717) is 17.9 Å². The molecule has 2 heteroatoms. The predicted molar refractivity (Wildman–Crippen MR) is 124 cm³/mol. The largest absolute Gasteiger partial charge is 0.404 e. The van der Waals surface area contributed by atoms with Crippen LogP contribution in [0.5, 0.6) is 0 Å². The van der Waals surface area contributed by atoms with Crippen LogP contribution in [0.4, 0.5) is 0 Å². The van der Waals surface area contributed by atoms with Crippen molar-refractivity contribution in [2.75, 3.05) is 0 Å². The molecule has 0 spiro atoms. The van der Waals surface area contributed by atoms with Gasteiger partial charge in [0.25, 0.3) is 8.32 Å². The van der Waals surface area contributed by atoms with Gasteiger partial charge in [-0.15, -0.1) is 0 Å². The minimum Gasteiger partial charge on any atom is -0.404 e. The Morgan fingerprint density at radius 3 is 1.79 bits per heavy atom. The van der Waals surface area contributed by atoms with Crippen molar-refractivity contribution in [3.63, 3.8) is 0 Å². The van der Waals surface area contributed by atoms with Crippen LogP contribution in [0.25, 0.3) is 0 Å². The molecule has 1 saturated carbocycles. The molecule has 0 bridgehead atoms. The van der Waals surface area contributed by atoms with Crippen molar-refractivity contribution in [2.24, 2.45) is 17.8 Å². The Morgan fingerprint density at radius 2 is 1.36 bits per heavy atom. The minimum atomic E-state index is -2.45. The summed E-state index contributed by atoms with van der Waals surface area (Å²) < 4.78 is 7.50. The SMILES string of the molecule is CC(C)[C@@H]1CC[C@@H](C)C[C@H]1O[Si](c1ccccc1)(c1ccccc1)C(C)(C)C. The number of hydrogen-bond donors (Lipinski definition) is 0. The molecule has 28 heavy (non-hydrogen) atoms. The molecule has 0 saturated heterocycles. The Hall–Kier alpha value is -1.38. The summed E-state index contributed by atoms with van der Waals surface area (Å²) in [5.41, 5.74) is 0. The third-order valence-electron chi connectivity index (χ3n) is 6.71. The van der Waals surface area contributed by atoms with Gasteiger partial charge in [-0.3, -0.25) is 0 Å². The van der Waals surface area contributed by atoms with Crippen LogP contribution in [0.1, 0.15) is 60.8 Å². The summed E-state index contributed by atoms with van der Waals surface area (Å²) in [6.45, 7) is 14.3. The highest BCUT2D eigenvalue weighted by Gasteiger charge is 2.52. The summed E-state index contributed by atoms with van der Waals surface area (Å²) in [5, 5.41) is 2.85. The average molecular weight is 395 g/mol. The first-order valence-corrected chi connectivity index (χ1v) is 13.0. The first kappa shape index (κ1) is 21.3. The topological polar surface area (TPSA) is 9.23 Å². The molecule has 2 aromatic carbocycles. The van der Waals surface area contributed by atoms with E-state index in [1.807, 2.05) is 0 Å². The molecule has 0 aliphatic heterocycles. The third kappa shape index (κ3) is 4.14. The second kappa shape index (κ2) is 8.55. The minimum absolute atomic E-state index is 0.0535. The Morgan fingerprint density at radius 1 is 0.857 bits per heavy atom. The molecule has 0 N–H and O–H groups in total. The average Bonchev–Trinajstić information content (AvgIpc) is 2.66. The molecule has 1 fully saturated rings. The van der Waals surface area contributed by atoms with Crippen LogP contribution >= 0.6 is 0 Å². The van der Waals surface area contributed by atoms with Gasteiger partial charge in [-0.05, 0) is 46.0 Å². The summed E-state index contributed by atoms with van der Waals surface area (Å²) in [6.07, 6.45) is 4.16. The van der Waals surface area contributed by atoms with Crippen LogP contribution in [-0.4, -0.2) is 14.4 Å². The van der Waals surface area contributed by atoms with Crippen molar-refractivity contribution in [1.29, 1.82) is 0 Å². The number of benzene rings is 2. The number of rotatable bonds is 5. The predicted octanol–water partition coefficient (Wildman–Crippen LogP) is 6.02. The van der Waals surface area contributed by atoms with Crippen molar-refractivity contribution < 1.29 is 4.43 Å². The summed E-state index contributed by atoms with van der Waals surface area (Å²) in [5.74, 6) is 2.06. The van der Waals surface area contributed by atoms with Crippen LogP contribution < -0.4 is 10.4 Å². The Kier molecular flexibility index (Phi) is 6.51. The van der Waals surface area contributed by atoms with E-state index in [2.05, 4.69) is 102 Å². The third-order valence-corrected chi connectivity index (χ3v) is 11.8. The van der Waals surface area contributed by atoms with E-state index in [0.717, 1.165) is 5.92 Å². The normalized spacial score (nSPS) is 23.8. The molecule has 0 radical (unpaired) electrons. The van der Waals surface area contributed by atoms with Crippen LogP contribution in [0.2, 0.25) is 5.04 Å². The molecular weight excluding hydrogens is 356 g/mol. The Labute approximate surface area is 173 Å². The zero-order valence-corrected chi connectivity index (χ0v) is 19.6. The van der Waals surface area contributed by atoms with Crippen LogP contribution in [0, 0.1) is 17.8 Å².